The molecule has 0 bridgehead atoms. The zero-order valence-electron chi connectivity index (χ0n) is 13.3. The van der Waals surface area contributed by atoms with E-state index in [0.29, 0.717) is 33.9 Å². The van der Waals surface area contributed by atoms with Gasteiger partial charge >= 0.3 is 0 Å². The van der Waals surface area contributed by atoms with Gasteiger partial charge in [0.2, 0.25) is 0 Å². The Morgan fingerprint density at radius 2 is 1.88 bits per heavy atom. The molecule has 0 amide bonds. The second kappa shape index (κ2) is 6.42. The van der Waals surface area contributed by atoms with E-state index in [0.717, 1.165) is 0 Å². The average Bonchev–Trinajstić information content (AvgIpc) is 2.61. The highest BCUT2D eigenvalue weighted by Gasteiger charge is 2.11. The first kappa shape index (κ1) is 15.6. The van der Waals surface area contributed by atoms with Crippen molar-refractivity contribution in [1.82, 2.24) is 9.55 Å². The molecule has 0 spiro atoms. The smallest absolute Gasteiger partial charge is 0.266 e. The van der Waals surface area contributed by atoms with Crippen molar-refractivity contribution in [2.24, 2.45) is 0 Å². The third kappa shape index (κ3) is 2.79. The lowest BCUT2D eigenvalue weighted by Gasteiger charge is -2.12. The molecule has 2 aromatic carbocycles. The van der Waals surface area contributed by atoms with Crippen molar-refractivity contribution < 1.29 is 9.47 Å². The van der Waals surface area contributed by atoms with Crippen molar-refractivity contribution >= 4 is 10.9 Å². The molecule has 0 fully saturated rings. The maximum absolute atomic E-state index is 12.9. The lowest BCUT2D eigenvalue weighted by atomic mass is 10.2. The number of hydrogen-bond donors (Lipinski definition) is 0. The zero-order chi connectivity index (χ0) is 17.1. The number of aromatic nitrogens is 2. The lowest BCUT2D eigenvalue weighted by Crippen LogP contribution is -2.22. The van der Waals surface area contributed by atoms with E-state index in [4.69, 9.17) is 14.7 Å². The van der Waals surface area contributed by atoms with Gasteiger partial charge in [0.25, 0.3) is 5.56 Å². The fourth-order valence-electron chi connectivity index (χ4n) is 2.52. The summed E-state index contributed by atoms with van der Waals surface area (Å²) in [6, 6.07) is 14.1. The number of methoxy groups -OCH3 is 1. The number of nitriles is 1. The highest BCUT2D eigenvalue weighted by Crippen LogP contribution is 2.20. The standard InChI is InChI=1S/C18H15N3O3/c1-12-20-17-8-7-15(24-10-9-19)11-16(17)18(22)21(12)13-3-5-14(23-2)6-4-13/h3-8,11H,10H2,1-2H3. The molecule has 6 nitrogen and oxygen atoms in total. The Morgan fingerprint density at radius 1 is 1.17 bits per heavy atom. The van der Waals surface area contributed by atoms with Crippen molar-refractivity contribution in [3.8, 4) is 23.3 Å². The van der Waals surface area contributed by atoms with Gasteiger partial charge in [0.05, 0.1) is 23.7 Å². The topological polar surface area (TPSA) is 77.1 Å². The highest BCUT2D eigenvalue weighted by atomic mass is 16.5. The summed E-state index contributed by atoms with van der Waals surface area (Å²) >= 11 is 0. The molecule has 0 radical (unpaired) electrons. The van der Waals surface area contributed by atoms with Gasteiger partial charge in [-0.05, 0) is 49.4 Å². The summed E-state index contributed by atoms with van der Waals surface area (Å²) in [5.74, 6) is 1.77. The lowest BCUT2D eigenvalue weighted by molar-refractivity contribution is 0.368. The number of nitrogens with zero attached hydrogens (tertiary/aromatic N) is 3. The van der Waals surface area contributed by atoms with Gasteiger partial charge in [-0.1, -0.05) is 0 Å². The van der Waals surface area contributed by atoms with E-state index < -0.39 is 0 Å². The van der Waals surface area contributed by atoms with Crippen molar-refractivity contribution in [3.05, 3.63) is 58.6 Å². The Bertz CT molecular complexity index is 985. The molecule has 3 rings (SSSR count). The number of benzene rings is 2. The maximum Gasteiger partial charge on any atom is 0.266 e. The molecule has 120 valence electrons. The molecular formula is C18H15N3O3. The average molecular weight is 321 g/mol. The zero-order valence-corrected chi connectivity index (χ0v) is 13.3. The van der Waals surface area contributed by atoms with Crippen molar-refractivity contribution in [3.63, 3.8) is 0 Å². The third-order valence-electron chi connectivity index (χ3n) is 3.64. The van der Waals surface area contributed by atoms with Crippen LogP contribution in [0.5, 0.6) is 11.5 Å². The first-order valence-corrected chi connectivity index (χ1v) is 7.31. The van der Waals surface area contributed by atoms with Crippen LogP contribution in [0.1, 0.15) is 5.82 Å². The minimum absolute atomic E-state index is 0.0720. The van der Waals surface area contributed by atoms with Gasteiger partial charge in [0.1, 0.15) is 23.4 Å². The Kier molecular flexibility index (Phi) is 4.17. The van der Waals surface area contributed by atoms with Crippen LogP contribution in [-0.2, 0) is 0 Å². The van der Waals surface area contributed by atoms with Gasteiger partial charge in [-0.3, -0.25) is 9.36 Å². The van der Waals surface area contributed by atoms with Gasteiger partial charge in [-0.2, -0.15) is 5.26 Å². The predicted molar refractivity (Wildman–Crippen MR) is 89.7 cm³/mol. The van der Waals surface area contributed by atoms with Crippen LogP contribution in [0.4, 0.5) is 0 Å². The Labute approximate surface area is 138 Å². The molecular weight excluding hydrogens is 306 g/mol. The molecule has 3 aromatic rings. The van der Waals surface area contributed by atoms with Gasteiger partial charge in [0.15, 0.2) is 6.61 Å². The predicted octanol–water partition coefficient (Wildman–Crippen LogP) is 2.61. The number of aryl methyl sites for hydroxylation is 1. The minimum Gasteiger partial charge on any atom is -0.497 e. The second-order valence-corrected chi connectivity index (χ2v) is 5.12. The SMILES string of the molecule is COc1ccc(-n2c(C)nc3ccc(OCC#N)cc3c2=O)cc1. The van der Waals surface area contributed by atoms with E-state index >= 15 is 0 Å². The van der Waals surface area contributed by atoms with E-state index in [-0.39, 0.29) is 12.2 Å². The van der Waals surface area contributed by atoms with E-state index in [1.165, 1.54) is 4.57 Å². The van der Waals surface area contributed by atoms with Crippen LogP contribution in [0, 0.1) is 18.3 Å². The Morgan fingerprint density at radius 3 is 2.54 bits per heavy atom. The molecule has 24 heavy (non-hydrogen) atoms. The number of rotatable bonds is 4. The number of hydrogen-bond acceptors (Lipinski definition) is 5. The fourth-order valence-corrected chi connectivity index (χ4v) is 2.52. The molecule has 0 saturated carbocycles. The molecule has 0 aliphatic heterocycles. The highest BCUT2D eigenvalue weighted by molar-refractivity contribution is 5.79. The van der Waals surface area contributed by atoms with Crippen molar-refractivity contribution in [1.29, 1.82) is 5.26 Å². The van der Waals surface area contributed by atoms with Crippen LogP contribution in [0.3, 0.4) is 0 Å². The van der Waals surface area contributed by atoms with Gasteiger partial charge in [0, 0.05) is 0 Å². The maximum atomic E-state index is 12.9. The minimum atomic E-state index is -0.190. The van der Waals surface area contributed by atoms with Gasteiger partial charge in [-0.25, -0.2) is 4.98 Å². The summed E-state index contributed by atoms with van der Waals surface area (Å²) in [6.07, 6.45) is 0. The van der Waals surface area contributed by atoms with E-state index in [9.17, 15) is 4.79 Å². The van der Waals surface area contributed by atoms with E-state index in [1.807, 2.05) is 6.07 Å². The Balaban J connectivity index is 2.16. The summed E-state index contributed by atoms with van der Waals surface area (Å²) in [6.45, 7) is 1.71. The molecule has 0 atom stereocenters. The first-order valence-electron chi connectivity index (χ1n) is 7.31. The molecule has 0 aliphatic rings. The van der Waals surface area contributed by atoms with Crippen molar-refractivity contribution in [2.45, 2.75) is 6.92 Å². The van der Waals surface area contributed by atoms with Crippen LogP contribution in [0.25, 0.3) is 16.6 Å². The molecule has 0 N–H and O–H groups in total. The number of ether oxygens (including phenoxy) is 2. The second-order valence-electron chi connectivity index (χ2n) is 5.12. The summed E-state index contributed by atoms with van der Waals surface area (Å²) in [5, 5.41) is 9.04. The summed E-state index contributed by atoms with van der Waals surface area (Å²) < 4.78 is 12.0. The van der Waals surface area contributed by atoms with Crippen LogP contribution in [0.2, 0.25) is 0 Å². The van der Waals surface area contributed by atoms with Crippen LogP contribution in [-0.4, -0.2) is 23.3 Å². The summed E-state index contributed by atoms with van der Waals surface area (Å²) in [4.78, 5) is 17.4. The monoisotopic (exact) mass is 321 g/mol. The largest absolute Gasteiger partial charge is 0.497 e. The molecule has 1 heterocycles. The summed E-state index contributed by atoms with van der Waals surface area (Å²) in [5.41, 5.74) is 1.10. The Hall–Kier alpha value is -3.33. The molecule has 0 aliphatic carbocycles. The quantitative estimate of drug-likeness (QED) is 0.738. The third-order valence-corrected chi connectivity index (χ3v) is 3.64. The summed E-state index contributed by atoms with van der Waals surface area (Å²) in [7, 11) is 1.59. The molecule has 0 unspecified atom stereocenters. The van der Waals surface area contributed by atoms with E-state index in [1.54, 1.807) is 56.5 Å². The van der Waals surface area contributed by atoms with Crippen LogP contribution < -0.4 is 15.0 Å². The molecule has 6 heteroatoms. The van der Waals surface area contributed by atoms with Crippen LogP contribution >= 0.6 is 0 Å². The van der Waals surface area contributed by atoms with Gasteiger partial charge in [-0.15, -0.1) is 0 Å². The van der Waals surface area contributed by atoms with Gasteiger partial charge < -0.3 is 9.47 Å². The van der Waals surface area contributed by atoms with Crippen molar-refractivity contribution in [2.75, 3.05) is 13.7 Å². The molecule has 1 aromatic heterocycles. The fraction of sp³-hybridized carbons (Fsp3) is 0.167. The number of fused-ring (bicyclic) bond motifs is 1. The molecule has 0 saturated heterocycles. The van der Waals surface area contributed by atoms with Crippen LogP contribution in [0.15, 0.2) is 47.3 Å². The normalized spacial score (nSPS) is 10.4. The van der Waals surface area contributed by atoms with E-state index in [2.05, 4.69) is 4.98 Å². The first-order chi connectivity index (χ1) is 11.6.